The fourth-order valence-electron chi connectivity index (χ4n) is 2.63. The molecule has 2 N–H and O–H groups in total. The Kier molecular flexibility index (Phi) is 2.89. The SMILES string of the molecule is Cc1nc2ncnc(N)c2c(-c2ccco2)c1C(C)C. The zero-order valence-corrected chi connectivity index (χ0v) is 11.7. The van der Waals surface area contributed by atoms with Gasteiger partial charge < -0.3 is 10.2 Å². The Labute approximate surface area is 116 Å². The Morgan fingerprint density at radius 1 is 1.25 bits per heavy atom. The summed E-state index contributed by atoms with van der Waals surface area (Å²) in [7, 11) is 0. The minimum atomic E-state index is 0.298. The van der Waals surface area contributed by atoms with Crippen LogP contribution in [0.15, 0.2) is 29.1 Å². The maximum atomic E-state index is 6.05. The predicted octanol–water partition coefficient (Wildman–Crippen LogP) is 3.30. The van der Waals surface area contributed by atoms with Gasteiger partial charge in [-0.3, -0.25) is 0 Å². The number of rotatable bonds is 2. The molecule has 0 fully saturated rings. The van der Waals surface area contributed by atoms with Gasteiger partial charge in [0.2, 0.25) is 0 Å². The highest BCUT2D eigenvalue weighted by molar-refractivity contribution is 6.00. The van der Waals surface area contributed by atoms with Crippen LogP contribution in [0.1, 0.15) is 31.0 Å². The summed E-state index contributed by atoms with van der Waals surface area (Å²) in [4.78, 5) is 12.9. The number of pyridine rings is 1. The molecule has 0 amide bonds. The first kappa shape index (κ1) is 12.6. The monoisotopic (exact) mass is 268 g/mol. The summed E-state index contributed by atoms with van der Waals surface area (Å²) in [6.45, 7) is 6.24. The quantitative estimate of drug-likeness (QED) is 0.771. The highest BCUT2D eigenvalue weighted by atomic mass is 16.3. The van der Waals surface area contributed by atoms with Crippen LogP contribution in [0.3, 0.4) is 0 Å². The van der Waals surface area contributed by atoms with Crippen LogP contribution < -0.4 is 5.73 Å². The Morgan fingerprint density at radius 3 is 2.70 bits per heavy atom. The number of nitrogens with two attached hydrogens (primary N) is 1. The Balaban J connectivity index is 2.52. The number of aromatic nitrogens is 3. The van der Waals surface area contributed by atoms with Crippen LogP contribution in [0.2, 0.25) is 0 Å². The molecule has 20 heavy (non-hydrogen) atoms. The summed E-state index contributed by atoms with van der Waals surface area (Å²) >= 11 is 0. The average molecular weight is 268 g/mol. The number of nitrogens with zero attached hydrogens (tertiary/aromatic N) is 3. The van der Waals surface area contributed by atoms with Gasteiger partial charge in [0.1, 0.15) is 17.9 Å². The lowest BCUT2D eigenvalue weighted by Crippen LogP contribution is -2.04. The van der Waals surface area contributed by atoms with Gasteiger partial charge in [0.25, 0.3) is 0 Å². The summed E-state index contributed by atoms with van der Waals surface area (Å²) in [6.07, 6.45) is 3.09. The van der Waals surface area contributed by atoms with Gasteiger partial charge in [0.15, 0.2) is 5.65 Å². The van der Waals surface area contributed by atoms with E-state index in [9.17, 15) is 0 Å². The lowest BCUT2D eigenvalue weighted by molar-refractivity contribution is 0.581. The first-order chi connectivity index (χ1) is 9.59. The minimum Gasteiger partial charge on any atom is -0.464 e. The normalized spacial score (nSPS) is 11.4. The molecule has 0 unspecified atom stereocenters. The molecule has 0 bridgehead atoms. The minimum absolute atomic E-state index is 0.298. The van der Waals surface area contributed by atoms with E-state index in [2.05, 4.69) is 28.8 Å². The van der Waals surface area contributed by atoms with Crippen molar-refractivity contribution in [1.82, 2.24) is 15.0 Å². The van der Waals surface area contributed by atoms with Crippen LogP contribution in [-0.2, 0) is 0 Å². The topological polar surface area (TPSA) is 77.8 Å². The van der Waals surface area contributed by atoms with Crippen molar-refractivity contribution in [3.05, 3.63) is 36.0 Å². The third-order valence-electron chi connectivity index (χ3n) is 3.38. The number of hydrogen-bond donors (Lipinski definition) is 1. The van der Waals surface area contributed by atoms with Gasteiger partial charge in [-0.15, -0.1) is 0 Å². The summed E-state index contributed by atoms with van der Waals surface area (Å²) in [5.41, 5.74) is 9.66. The Morgan fingerprint density at radius 2 is 2.05 bits per heavy atom. The van der Waals surface area contributed by atoms with Crippen LogP contribution in [-0.4, -0.2) is 15.0 Å². The van der Waals surface area contributed by atoms with E-state index in [4.69, 9.17) is 10.2 Å². The van der Waals surface area contributed by atoms with Crippen LogP contribution in [0.5, 0.6) is 0 Å². The van der Waals surface area contributed by atoms with E-state index in [1.54, 1.807) is 6.26 Å². The van der Waals surface area contributed by atoms with E-state index in [0.29, 0.717) is 17.4 Å². The molecule has 0 saturated heterocycles. The molecular formula is C15H16N4O. The molecule has 3 aromatic rings. The van der Waals surface area contributed by atoms with E-state index in [1.165, 1.54) is 6.33 Å². The molecule has 3 aromatic heterocycles. The van der Waals surface area contributed by atoms with E-state index in [0.717, 1.165) is 28.0 Å². The van der Waals surface area contributed by atoms with E-state index in [1.807, 2.05) is 19.1 Å². The van der Waals surface area contributed by atoms with Crippen LogP contribution >= 0.6 is 0 Å². The fraction of sp³-hybridized carbons (Fsp3) is 0.267. The molecule has 3 heterocycles. The number of aryl methyl sites for hydroxylation is 1. The number of hydrogen-bond acceptors (Lipinski definition) is 5. The molecule has 0 spiro atoms. The summed E-state index contributed by atoms with van der Waals surface area (Å²) in [5.74, 6) is 1.49. The average Bonchev–Trinajstić information content (AvgIpc) is 2.90. The highest BCUT2D eigenvalue weighted by Gasteiger charge is 2.21. The van der Waals surface area contributed by atoms with Crippen LogP contribution in [0.4, 0.5) is 5.82 Å². The number of furan rings is 1. The zero-order valence-electron chi connectivity index (χ0n) is 11.7. The third kappa shape index (κ3) is 1.82. The molecule has 0 aromatic carbocycles. The van der Waals surface area contributed by atoms with E-state index >= 15 is 0 Å². The molecule has 0 radical (unpaired) electrons. The molecule has 0 atom stereocenters. The second-order valence-electron chi connectivity index (χ2n) is 5.08. The molecule has 102 valence electrons. The second-order valence-corrected chi connectivity index (χ2v) is 5.08. The summed E-state index contributed by atoms with van der Waals surface area (Å²) < 4.78 is 5.59. The van der Waals surface area contributed by atoms with E-state index in [-0.39, 0.29) is 0 Å². The predicted molar refractivity (Wildman–Crippen MR) is 78.3 cm³/mol. The Hall–Kier alpha value is -2.43. The largest absolute Gasteiger partial charge is 0.464 e. The van der Waals surface area contributed by atoms with Crippen molar-refractivity contribution in [3.63, 3.8) is 0 Å². The second kappa shape index (κ2) is 4.59. The number of anilines is 1. The molecule has 0 aliphatic carbocycles. The first-order valence-corrected chi connectivity index (χ1v) is 6.54. The van der Waals surface area contributed by atoms with Crippen LogP contribution in [0, 0.1) is 6.92 Å². The standard InChI is InChI=1S/C15H16N4O/c1-8(2)11-9(3)19-15-13(14(16)17-7-18-15)12(11)10-5-4-6-20-10/h4-8H,1-3H3,(H2,16,17,18,19). The molecular weight excluding hydrogens is 252 g/mol. The van der Waals surface area contributed by atoms with Crippen molar-refractivity contribution in [2.45, 2.75) is 26.7 Å². The maximum Gasteiger partial charge on any atom is 0.165 e. The highest BCUT2D eigenvalue weighted by Crippen LogP contribution is 2.38. The maximum absolute atomic E-state index is 6.05. The summed E-state index contributed by atoms with van der Waals surface area (Å²) in [6, 6.07) is 3.79. The van der Waals surface area contributed by atoms with Gasteiger partial charge >= 0.3 is 0 Å². The van der Waals surface area contributed by atoms with Gasteiger partial charge in [-0.05, 0) is 30.5 Å². The smallest absolute Gasteiger partial charge is 0.165 e. The van der Waals surface area contributed by atoms with Gasteiger partial charge in [0.05, 0.1) is 11.6 Å². The molecule has 3 rings (SSSR count). The number of fused-ring (bicyclic) bond motifs is 1. The van der Waals surface area contributed by atoms with Gasteiger partial charge in [-0.25, -0.2) is 15.0 Å². The fourth-order valence-corrected chi connectivity index (χ4v) is 2.63. The van der Waals surface area contributed by atoms with Crippen molar-refractivity contribution >= 4 is 16.9 Å². The van der Waals surface area contributed by atoms with Gasteiger partial charge in [-0.1, -0.05) is 13.8 Å². The third-order valence-corrected chi connectivity index (χ3v) is 3.38. The van der Waals surface area contributed by atoms with Crippen LogP contribution in [0.25, 0.3) is 22.4 Å². The lowest BCUT2D eigenvalue weighted by Gasteiger charge is -2.16. The van der Waals surface area contributed by atoms with E-state index < -0.39 is 0 Å². The molecule has 0 saturated carbocycles. The van der Waals surface area contributed by atoms with Crippen molar-refractivity contribution in [2.24, 2.45) is 0 Å². The van der Waals surface area contributed by atoms with Gasteiger partial charge in [-0.2, -0.15) is 0 Å². The Bertz CT molecular complexity index is 763. The van der Waals surface area contributed by atoms with Gasteiger partial charge in [0, 0.05) is 11.3 Å². The zero-order chi connectivity index (χ0) is 14.3. The number of nitrogen functional groups attached to an aromatic ring is 1. The molecule has 0 aliphatic rings. The summed E-state index contributed by atoms with van der Waals surface area (Å²) in [5, 5.41) is 0.761. The van der Waals surface area contributed by atoms with Crippen molar-refractivity contribution in [3.8, 4) is 11.3 Å². The molecule has 5 nitrogen and oxygen atoms in total. The molecule has 0 aliphatic heterocycles. The van der Waals surface area contributed by atoms with Crippen molar-refractivity contribution in [2.75, 3.05) is 5.73 Å². The first-order valence-electron chi connectivity index (χ1n) is 6.54. The lowest BCUT2D eigenvalue weighted by atomic mass is 9.92. The molecule has 5 heteroatoms. The van der Waals surface area contributed by atoms with Crippen molar-refractivity contribution < 1.29 is 4.42 Å². The van der Waals surface area contributed by atoms with Crippen molar-refractivity contribution in [1.29, 1.82) is 0 Å².